The molecule has 0 amide bonds. The summed E-state index contributed by atoms with van der Waals surface area (Å²) in [4.78, 5) is 11.3. The van der Waals surface area contributed by atoms with Crippen molar-refractivity contribution in [3.63, 3.8) is 0 Å². The van der Waals surface area contributed by atoms with Crippen molar-refractivity contribution < 1.29 is 19.7 Å². The maximum absolute atomic E-state index is 11.3. The van der Waals surface area contributed by atoms with Crippen LogP contribution in [0.3, 0.4) is 0 Å². The lowest BCUT2D eigenvalue weighted by Crippen LogP contribution is -2.19. The van der Waals surface area contributed by atoms with Gasteiger partial charge in [-0.3, -0.25) is 4.79 Å². The van der Waals surface area contributed by atoms with Gasteiger partial charge in [-0.05, 0) is 25.5 Å². The largest absolute Gasteiger partial charge is 0.507 e. The Hall–Kier alpha value is -1.81. The normalized spacial score (nSPS) is 21.8. The number of benzene rings is 1. The topological polar surface area (TPSA) is 66.8 Å². The highest BCUT2D eigenvalue weighted by Crippen LogP contribution is 2.42. The highest BCUT2D eigenvalue weighted by Gasteiger charge is 2.34. The number of rotatable bonds is 2. The Morgan fingerprint density at radius 1 is 1.41 bits per heavy atom. The smallest absolute Gasteiger partial charge is 0.163 e. The zero-order valence-corrected chi connectivity index (χ0v) is 9.73. The second-order valence-corrected chi connectivity index (χ2v) is 4.29. The van der Waals surface area contributed by atoms with Crippen LogP contribution >= 0.6 is 0 Å². The van der Waals surface area contributed by atoms with Gasteiger partial charge in [0.15, 0.2) is 5.78 Å². The van der Waals surface area contributed by atoms with Gasteiger partial charge in [0.2, 0.25) is 0 Å². The first-order valence-corrected chi connectivity index (χ1v) is 5.29. The van der Waals surface area contributed by atoms with Gasteiger partial charge in [0.25, 0.3) is 0 Å². The van der Waals surface area contributed by atoms with Crippen LogP contribution < -0.4 is 4.74 Å². The molecule has 1 heterocycles. The molecule has 4 nitrogen and oxygen atoms in total. The molecule has 2 rings (SSSR count). The van der Waals surface area contributed by atoms with E-state index in [0.717, 1.165) is 0 Å². The molecule has 17 heavy (non-hydrogen) atoms. The lowest BCUT2D eigenvalue weighted by molar-refractivity contribution is 0.0900. The van der Waals surface area contributed by atoms with Crippen molar-refractivity contribution in [3.05, 3.63) is 35.4 Å². The number of ether oxygens (including phenoxy) is 1. The van der Waals surface area contributed by atoms with Crippen LogP contribution in [0.2, 0.25) is 0 Å². The molecule has 2 N–H and O–H groups in total. The fraction of sp³-hybridized carbons (Fsp3) is 0.308. The fourth-order valence-corrected chi connectivity index (χ4v) is 1.94. The number of carbonyl (C=O) groups excluding carboxylic acids is 1. The van der Waals surface area contributed by atoms with Gasteiger partial charge in [0.05, 0.1) is 5.56 Å². The van der Waals surface area contributed by atoms with E-state index >= 15 is 0 Å². The van der Waals surface area contributed by atoms with Gasteiger partial charge in [0, 0.05) is 11.6 Å². The van der Waals surface area contributed by atoms with Crippen LogP contribution in [0.4, 0.5) is 0 Å². The van der Waals surface area contributed by atoms with Gasteiger partial charge in [-0.25, -0.2) is 0 Å². The molecule has 0 aromatic heterocycles. The lowest BCUT2D eigenvalue weighted by Gasteiger charge is -2.13. The predicted molar refractivity (Wildman–Crippen MR) is 62.3 cm³/mol. The standard InChI is InChI=1S/C13H14O4/c1-6(2)13-12(16)9-4-8(7(3)14)10(15)5-11(9)17-13/h4-5,12-13,15-16H,1H2,2-3H3/t12-,13+/m0/s1. The summed E-state index contributed by atoms with van der Waals surface area (Å²) < 4.78 is 5.48. The van der Waals surface area contributed by atoms with E-state index in [-0.39, 0.29) is 17.1 Å². The van der Waals surface area contributed by atoms with E-state index in [4.69, 9.17) is 4.74 Å². The number of aliphatic hydroxyl groups excluding tert-OH is 1. The van der Waals surface area contributed by atoms with E-state index in [1.807, 2.05) is 0 Å². The Labute approximate surface area is 99.2 Å². The number of ketones is 1. The first kappa shape index (κ1) is 11.7. The predicted octanol–water partition coefficient (Wildman–Crippen LogP) is 1.97. The first-order valence-electron chi connectivity index (χ1n) is 5.29. The van der Waals surface area contributed by atoms with Crippen LogP contribution in [0.25, 0.3) is 0 Å². The summed E-state index contributed by atoms with van der Waals surface area (Å²) in [5.74, 6) is 0.00934. The van der Waals surface area contributed by atoms with Crippen molar-refractivity contribution >= 4 is 5.78 Å². The molecule has 0 fully saturated rings. The molecule has 2 atom stereocenters. The Morgan fingerprint density at radius 2 is 2.06 bits per heavy atom. The van der Waals surface area contributed by atoms with Crippen LogP contribution in [0.1, 0.15) is 35.9 Å². The molecule has 0 aliphatic carbocycles. The molecular weight excluding hydrogens is 220 g/mol. The minimum atomic E-state index is -0.846. The maximum atomic E-state index is 11.3. The molecule has 1 aromatic carbocycles. The average Bonchev–Trinajstić information content (AvgIpc) is 2.54. The Balaban J connectivity index is 2.50. The molecule has 4 heteroatoms. The van der Waals surface area contributed by atoms with Crippen molar-refractivity contribution in [2.45, 2.75) is 26.1 Å². The van der Waals surface area contributed by atoms with E-state index in [9.17, 15) is 15.0 Å². The minimum Gasteiger partial charge on any atom is -0.507 e. The number of phenolic OH excluding ortho intramolecular Hbond substituents is 1. The number of hydrogen-bond donors (Lipinski definition) is 2. The quantitative estimate of drug-likeness (QED) is 0.606. The van der Waals surface area contributed by atoms with Gasteiger partial charge in [-0.1, -0.05) is 6.58 Å². The third-order valence-electron chi connectivity index (χ3n) is 2.85. The lowest BCUT2D eigenvalue weighted by atomic mass is 9.99. The maximum Gasteiger partial charge on any atom is 0.163 e. The summed E-state index contributed by atoms with van der Waals surface area (Å²) in [5.41, 5.74) is 1.40. The number of phenols is 1. The molecule has 0 saturated heterocycles. The number of Topliss-reactive ketones (excluding diaryl/α,β-unsaturated/α-hetero) is 1. The SMILES string of the molecule is C=C(C)[C@H]1Oc2cc(O)c(C(C)=O)cc2[C@@H]1O. The number of hydrogen-bond acceptors (Lipinski definition) is 4. The Morgan fingerprint density at radius 3 is 2.59 bits per heavy atom. The molecule has 1 aliphatic heterocycles. The Kier molecular flexibility index (Phi) is 2.67. The zero-order chi connectivity index (χ0) is 12.7. The molecule has 0 radical (unpaired) electrons. The average molecular weight is 234 g/mol. The summed E-state index contributed by atoms with van der Waals surface area (Å²) in [7, 11) is 0. The van der Waals surface area contributed by atoms with Gasteiger partial charge in [0.1, 0.15) is 23.7 Å². The van der Waals surface area contributed by atoms with Crippen molar-refractivity contribution in [2.75, 3.05) is 0 Å². The van der Waals surface area contributed by atoms with E-state index in [0.29, 0.717) is 16.9 Å². The minimum absolute atomic E-state index is 0.134. The number of carbonyl (C=O) groups is 1. The number of aromatic hydroxyl groups is 1. The van der Waals surface area contributed by atoms with Crippen LogP contribution in [-0.2, 0) is 0 Å². The van der Waals surface area contributed by atoms with Crippen molar-refractivity contribution in [3.8, 4) is 11.5 Å². The monoisotopic (exact) mass is 234 g/mol. The number of aliphatic hydroxyl groups is 1. The van der Waals surface area contributed by atoms with Crippen LogP contribution in [0.5, 0.6) is 11.5 Å². The Bertz CT molecular complexity index is 504. The van der Waals surface area contributed by atoms with Crippen molar-refractivity contribution in [1.82, 2.24) is 0 Å². The third-order valence-corrected chi connectivity index (χ3v) is 2.85. The third kappa shape index (κ3) is 1.80. The summed E-state index contributed by atoms with van der Waals surface area (Å²) in [6.45, 7) is 6.85. The van der Waals surface area contributed by atoms with Gasteiger partial charge >= 0.3 is 0 Å². The first-order chi connectivity index (χ1) is 7.91. The molecule has 0 saturated carbocycles. The number of fused-ring (bicyclic) bond motifs is 1. The molecule has 0 unspecified atom stereocenters. The molecule has 0 bridgehead atoms. The molecule has 1 aromatic rings. The van der Waals surface area contributed by atoms with Crippen LogP contribution in [0.15, 0.2) is 24.3 Å². The fourth-order valence-electron chi connectivity index (χ4n) is 1.94. The summed E-state index contributed by atoms with van der Waals surface area (Å²) >= 11 is 0. The van der Waals surface area contributed by atoms with Crippen LogP contribution in [-0.4, -0.2) is 22.1 Å². The summed E-state index contributed by atoms with van der Waals surface area (Å²) in [5, 5.41) is 19.7. The van der Waals surface area contributed by atoms with E-state index in [1.165, 1.54) is 19.1 Å². The molecule has 90 valence electrons. The van der Waals surface area contributed by atoms with Crippen LogP contribution in [0, 0.1) is 0 Å². The summed E-state index contributed by atoms with van der Waals surface area (Å²) in [6, 6.07) is 2.83. The van der Waals surface area contributed by atoms with E-state index < -0.39 is 12.2 Å². The van der Waals surface area contributed by atoms with Crippen molar-refractivity contribution in [2.24, 2.45) is 0 Å². The van der Waals surface area contributed by atoms with Crippen molar-refractivity contribution in [1.29, 1.82) is 0 Å². The van der Waals surface area contributed by atoms with Gasteiger partial charge < -0.3 is 14.9 Å². The highest BCUT2D eigenvalue weighted by atomic mass is 16.5. The summed E-state index contributed by atoms with van der Waals surface area (Å²) in [6.07, 6.45) is -1.37. The molecular formula is C13H14O4. The van der Waals surface area contributed by atoms with Gasteiger partial charge in [-0.2, -0.15) is 0 Å². The second kappa shape index (κ2) is 3.89. The molecule has 1 aliphatic rings. The van der Waals surface area contributed by atoms with E-state index in [1.54, 1.807) is 6.92 Å². The zero-order valence-electron chi connectivity index (χ0n) is 9.73. The highest BCUT2D eigenvalue weighted by molar-refractivity contribution is 5.97. The molecule has 0 spiro atoms. The van der Waals surface area contributed by atoms with E-state index in [2.05, 4.69) is 6.58 Å². The second-order valence-electron chi connectivity index (χ2n) is 4.29. The van der Waals surface area contributed by atoms with Gasteiger partial charge in [-0.15, -0.1) is 0 Å².